The minimum atomic E-state index is -0.398. The summed E-state index contributed by atoms with van der Waals surface area (Å²) in [5, 5.41) is 12.7. The number of hydrogen-bond donors (Lipinski definition) is 2. The number of aliphatic hydroxyl groups excluding tert-OH is 1. The van der Waals surface area contributed by atoms with Gasteiger partial charge in [-0.05, 0) is 25.3 Å². The second-order valence-electron chi connectivity index (χ2n) is 3.82. The molecular weight excluding hydrogens is 182 g/mol. The maximum absolute atomic E-state index is 9.45. The van der Waals surface area contributed by atoms with Gasteiger partial charge in [-0.1, -0.05) is 0 Å². The van der Waals surface area contributed by atoms with Crippen molar-refractivity contribution in [3.05, 3.63) is 0 Å². The zero-order chi connectivity index (χ0) is 10.2. The molecule has 1 aliphatic rings. The van der Waals surface area contributed by atoms with Crippen LogP contribution in [0.3, 0.4) is 0 Å². The van der Waals surface area contributed by atoms with E-state index < -0.39 is 6.10 Å². The first kappa shape index (κ1) is 11.9. The quantitative estimate of drug-likeness (QED) is 0.518. The molecule has 1 unspecified atom stereocenters. The number of aliphatic hydroxyl groups is 1. The summed E-state index contributed by atoms with van der Waals surface area (Å²) in [6.45, 7) is 3.19. The van der Waals surface area contributed by atoms with Crippen molar-refractivity contribution in [2.75, 3.05) is 40.0 Å². The zero-order valence-corrected chi connectivity index (χ0v) is 8.87. The highest BCUT2D eigenvalue weighted by atomic mass is 16.5. The third-order valence-electron chi connectivity index (χ3n) is 2.25. The van der Waals surface area contributed by atoms with Gasteiger partial charge >= 0.3 is 0 Å². The van der Waals surface area contributed by atoms with E-state index in [1.807, 2.05) is 0 Å². The minimum absolute atomic E-state index is 0.390. The van der Waals surface area contributed by atoms with Gasteiger partial charge in [-0.3, -0.25) is 0 Å². The van der Waals surface area contributed by atoms with Crippen LogP contribution in [0.4, 0.5) is 0 Å². The van der Waals surface area contributed by atoms with E-state index in [9.17, 15) is 5.11 Å². The maximum atomic E-state index is 9.45. The van der Waals surface area contributed by atoms with Crippen molar-refractivity contribution < 1.29 is 14.6 Å². The normalized spacial score (nSPS) is 18.4. The molecule has 0 bridgehead atoms. The van der Waals surface area contributed by atoms with Crippen molar-refractivity contribution in [1.29, 1.82) is 0 Å². The predicted molar refractivity (Wildman–Crippen MR) is 54.3 cm³/mol. The molecule has 0 aromatic carbocycles. The number of nitrogens with one attached hydrogen (secondary N) is 1. The van der Waals surface area contributed by atoms with E-state index in [1.165, 1.54) is 12.8 Å². The van der Waals surface area contributed by atoms with Crippen LogP contribution < -0.4 is 5.32 Å². The highest BCUT2D eigenvalue weighted by Crippen LogP contribution is 2.27. The third-order valence-corrected chi connectivity index (χ3v) is 2.25. The molecule has 0 saturated heterocycles. The van der Waals surface area contributed by atoms with Crippen LogP contribution in [0.2, 0.25) is 0 Å². The lowest BCUT2D eigenvalue weighted by atomic mass is 10.3. The monoisotopic (exact) mass is 203 g/mol. The van der Waals surface area contributed by atoms with Crippen LogP contribution in [-0.2, 0) is 9.47 Å². The molecule has 2 N–H and O–H groups in total. The van der Waals surface area contributed by atoms with Crippen LogP contribution in [0.1, 0.15) is 12.8 Å². The Labute approximate surface area is 85.6 Å². The molecule has 14 heavy (non-hydrogen) atoms. The molecule has 0 amide bonds. The van der Waals surface area contributed by atoms with Gasteiger partial charge in [0, 0.05) is 13.7 Å². The molecule has 84 valence electrons. The summed E-state index contributed by atoms with van der Waals surface area (Å²) in [5.41, 5.74) is 0. The van der Waals surface area contributed by atoms with Crippen molar-refractivity contribution in [1.82, 2.24) is 5.32 Å². The number of ether oxygens (including phenoxy) is 2. The van der Waals surface area contributed by atoms with E-state index >= 15 is 0 Å². The van der Waals surface area contributed by atoms with Crippen molar-refractivity contribution >= 4 is 0 Å². The van der Waals surface area contributed by atoms with E-state index in [4.69, 9.17) is 9.47 Å². The van der Waals surface area contributed by atoms with Gasteiger partial charge in [0.25, 0.3) is 0 Å². The van der Waals surface area contributed by atoms with Crippen LogP contribution in [0, 0.1) is 5.92 Å². The standard InChI is InChI=1S/C10H21NO3/c1-13-4-5-14-8-10(12)7-11-6-9-2-3-9/h9-12H,2-8H2,1H3. The van der Waals surface area contributed by atoms with Gasteiger partial charge in [0.2, 0.25) is 0 Å². The maximum Gasteiger partial charge on any atom is 0.0897 e. The highest BCUT2D eigenvalue weighted by molar-refractivity contribution is 4.75. The number of rotatable bonds is 9. The smallest absolute Gasteiger partial charge is 0.0897 e. The van der Waals surface area contributed by atoms with Crippen molar-refractivity contribution in [2.45, 2.75) is 18.9 Å². The van der Waals surface area contributed by atoms with Gasteiger partial charge in [0.05, 0.1) is 25.9 Å². The summed E-state index contributed by atoms with van der Waals surface area (Å²) in [7, 11) is 1.64. The lowest BCUT2D eigenvalue weighted by Crippen LogP contribution is -2.31. The Balaban J connectivity index is 1.79. The second kappa shape index (κ2) is 7.17. The molecule has 0 heterocycles. The average Bonchev–Trinajstić information content (AvgIpc) is 2.96. The van der Waals surface area contributed by atoms with Crippen molar-refractivity contribution in [3.8, 4) is 0 Å². The summed E-state index contributed by atoms with van der Waals surface area (Å²) in [4.78, 5) is 0. The molecule has 1 saturated carbocycles. The Morgan fingerprint density at radius 3 is 2.86 bits per heavy atom. The summed E-state index contributed by atoms with van der Waals surface area (Å²) >= 11 is 0. The SMILES string of the molecule is COCCOCC(O)CNCC1CC1. The lowest BCUT2D eigenvalue weighted by Gasteiger charge is -2.11. The van der Waals surface area contributed by atoms with Crippen LogP contribution in [0.5, 0.6) is 0 Å². The molecular formula is C10H21NO3. The van der Waals surface area contributed by atoms with E-state index in [0.29, 0.717) is 26.4 Å². The summed E-state index contributed by atoms with van der Waals surface area (Å²) in [6.07, 6.45) is 2.28. The molecule has 1 rings (SSSR count). The number of hydrogen-bond acceptors (Lipinski definition) is 4. The fourth-order valence-corrected chi connectivity index (χ4v) is 1.20. The Kier molecular flexibility index (Phi) is 6.10. The topological polar surface area (TPSA) is 50.7 Å². The van der Waals surface area contributed by atoms with Crippen LogP contribution in [0.25, 0.3) is 0 Å². The molecule has 1 fully saturated rings. The van der Waals surface area contributed by atoms with E-state index in [2.05, 4.69) is 5.32 Å². The Bertz CT molecular complexity index is 139. The van der Waals surface area contributed by atoms with Crippen LogP contribution >= 0.6 is 0 Å². The van der Waals surface area contributed by atoms with E-state index in [-0.39, 0.29) is 0 Å². The van der Waals surface area contributed by atoms with Gasteiger partial charge in [-0.15, -0.1) is 0 Å². The Hall–Kier alpha value is -0.160. The molecule has 0 aliphatic heterocycles. The first-order chi connectivity index (χ1) is 6.83. The van der Waals surface area contributed by atoms with Gasteiger partial charge in [0.15, 0.2) is 0 Å². The van der Waals surface area contributed by atoms with Gasteiger partial charge in [0.1, 0.15) is 0 Å². The molecule has 1 atom stereocenters. The first-order valence-electron chi connectivity index (χ1n) is 5.28. The lowest BCUT2D eigenvalue weighted by molar-refractivity contribution is 0.0138. The summed E-state index contributed by atoms with van der Waals surface area (Å²) in [5.74, 6) is 0.858. The first-order valence-corrected chi connectivity index (χ1v) is 5.28. The van der Waals surface area contributed by atoms with Gasteiger partial charge < -0.3 is 19.9 Å². The third kappa shape index (κ3) is 6.32. The fraction of sp³-hybridized carbons (Fsp3) is 1.00. The Morgan fingerprint density at radius 1 is 1.43 bits per heavy atom. The number of methoxy groups -OCH3 is 1. The molecule has 4 nitrogen and oxygen atoms in total. The zero-order valence-electron chi connectivity index (χ0n) is 8.87. The molecule has 0 aromatic heterocycles. The molecule has 1 aliphatic carbocycles. The fourth-order valence-electron chi connectivity index (χ4n) is 1.20. The largest absolute Gasteiger partial charge is 0.389 e. The summed E-state index contributed by atoms with van der Waals surface area (Å²) < 4.78 is 10.0. The van der Waals surface area contributed by atoms with E-state index in [1.54, 1.807) is 7.11 Å². The molecule has 0 spiro atoms. The van der Waals surface area contributed by atoms with Gasteiger partial charge in [-0.25, -0.2) is 0 Å². The predicted octanol–water partition coefficient (Wildman–Crippen LogP) is 0.00990. The highest BCUT2D eigenvalue weighted by Gasteiger charge is 2.20. The summed E-state index contributed by atoms with van der Waals surface area (Å²) in [6, 6.07) is 0. The van der Waals surface area contributed by atoms with Crippen molar-refractivity contribution in [2.24, 2.45) is 5.92 Å². The molecule has 0 radical (unpaired) electrons. The second-order valence-corrected chi connectivity index (χ2v) is 3.82. The molecule has 4 heteroatoms. The average molecular weight is 203 g/mol. The van der Waals surface area contributed by atoms with Gasteiger partial charge in [-0.2, -0.15) is 0 Å². The van der Waals surface area contributed by atoms with E-state index in [0.717, 1.165) is 12.5 Å². The minimum Gasteiger partial charge on any atom is -0.389 e. The van der Waals surface area contributed by atoms with Crippen LogP contribution in [0.15, 0.2) is 0 Å². The van der Waals surface area contributed by atoms with Crippen LogP contribution in [-0.4, -0.2) is 51.2 Å². The Morgan fingerprint density at radius 2 is 2.21 bits per heavy atom. The molecule has 0 aromatic rings. The van der Waals surface area contributed by atoms with Crippen molar-refractivity contribution in [3.63, 3.8) is 0 Å².